The van der Waals surface area contributed by atoms with Crippen molar-refractivity contribution in [2.45, 2.75) is 249 Å². The van der Waals surface area contributed by atoms with E-state index in [1.165, 1.54) is 135 Å². The summed E-state index contributed by atoms with van der Waals surface area (Å²) in [7, 11) is 0. The van der Waals surface area contributed by atoms with Crippen LogP contribution in [0.2, 0.25) is 0 Å². The molecule has 1 amide bonds. The largest absolute Gasteiger partial charge is 0.394 e. The SMILES string of the molecule is CCCCCCCCC/C=C\CC/C=C/[C@@H](O)[C@H](CO[C@@H]1O[C@H](CO)[C@@H](O)C(O)C1O)NC(=O)[C@H](O)CCCCCCCCCCCCCCCCCCCC. The number of allylic oxidation sites excluding steroid dienone is 3. The molecule has 7 N–H and O–H groups in total. The highest BCUT2D eigenvalue weighted by Gasteiger charge is 2.44. The number of hydrogen-bond acceptors (Lipinski definition) is 9. The molecular formula is C46H87NO9. The number of hydrogen-bond donors (Lipinski definition) is 7. The van der Waals surface area contributed by atoms with Crippen LogP contribution in [0.5, 0.6) is 0 Å². The number of carbonyl (C=O) groups excluding carboxylic acids is 1. The maximum absolute atomic E-state index is 13.0. The predicted octanol–water partition coefficient (Wildman–Crippen LogP) is 8.47. The molecule has 10 nitrogen and oxygen atoms in total. The Balaban J connectivity index is 2.41. The summed E-state index contributed by atoms with van der Waals surface area (Å²) in [6.45, 7) is 3.58. The third-order valence-corrected chi connectivity index (χ3v) is 11.1. The average molecular weight is 798 g/mol. The second kappa shape index (κ2) is 36.7. The van der Waals surface area contributed by atoms with Gasteiger partial charge in [0.2, 0.25) is 5.91 Å². The summed E-state index contributed by atoms with van der Waals surface area (Å²) in [5.41, 5.74) is 0. The number of ether oxygens (including phenoxy) is 2. The molecule has 1 aliphatic rings. The van der Waals surface area contributed by atoms with Crippen molar-refractivity contribution in [3.05, 3.63) is 24.3 Å². The van der Waals surface area contributed by atoms with Crippen molar-refractivity contribution in [2.24, 2.45) is 0 Å². The number of amides is 1. The van der Waals surface area contributed by atoms with E-state index in [1.54, 1.807) is 6.08 Å². The van der Waals surface area contributed by atoms with E-state index in [1.807, 2.05) is 6.08 Å². The van der Waals surface area contributed by atoms with Gasteiger partial charge in [0.05, 0.1) is 25.4 Å². The second-order valence-electron chi connectivity index (χ2n) is 16.3. The smallest absolute Gasteiger partial charge is 0.249 e. The first kappa shape index (κ1) is 52.6. The van der Waals surface area contributed by atoms with Crippen molar-refractivity contribution in [3.63, 3.8) is 0 Å². The molecule has 0 aromatic carbocycles. The molecule has 8 atom stereocenters. The van der Waals surface area contributed by atoms with Gasteiger partial charge in [-0.1, -0.05) is 192 Å². The van der Waals surface area contributed by atoms with Crippen LogP contribution in [-0.4, -0.2) is 98.7 Å². The van der Waals surface area contributed by atoms with Crippen LogP contribution in [0.25, 0.3) is 0 Å². The van der Waals surface area contributed by atoms with Crippen LogP contribution in [0.3, 0.4) is 0 Å². The van der Waals surface area contributed by atoms with Crippen LogP contribution in [0, 0.1) is 0 Å². The number of unbranched alkanes of at least 4 members (excludes halogenated alkanes) is 25. The quantitative estimate of drug-likeness (QED) is 0.0239. The van der Waals surface area contributed by atoms with Gasteiger partial charge >= 0.3 is 0 Å². The van der Waals surface area contributed by atoms with Crippen LogP contribution < -0.4 is 5.32 Å². The lowest BCUT2D eigenvalue weighted by molar-refractivity contribution is -0.302. The molecule has 0 bridgehead atoms. The fourth-order valence-electron chi connectivity index (χ4n) is 7.30. The lowest BCUT2D eigenvalue weighted by atomic mass is 9.99. The molecule has 2 unspecified atom stereocenters. The minimum Gasteiger partial charge on any atom is -0.394 e. The summed E-state index contributed by atoms with van der Waals surface area (Å²) in [4.78, 5) is 13.0. The minimum atomic E-state index is -1.61. The van der Waals surface area contributed by atoms with Gasteiger partial charge in [0.25, 0.3) is 0 Å². The first-order valence-corrected chi connectivity index (χ1v) is 23.2. The van der Waals surface area contributed by atoms with Crippen LogP contribution in [-0.2, 0) is 14.3 Å². The zero-order valence-electron chi connectivity index (χ0n) is 35.8. The maximum atomic E-state index is 13.0. The van der Waals surface area contributed by atoms with E-state index in [-0.39, 0.29) is 6.61 Å². The lowest BCUT2D eigenvalue weighted by Crippen LogP contribution is -2.60. The number of rotatable bonds is 38. The maximum Gasteiger partial charge on any atom is 0.249 e. The Hall–Kier alpha value is -1.37. The zero-order chi connectivity index (χ0) is 41.1. The molecule has 1 rings (SSSR count). The van der Waals surface area contributed by atoms with Crippen LogP contribution in [0.4, 0.5) is 0 Å². The topological polar surface area (TPSA) is 169 Å². The Morgan fingerprint density at radius 3 is 1.55 bits per heavy atom. The van der Waals surface area contributed by atoms with Crippen molar-refractivity contribution >= 4 is 5.91 Å². The van der Waals surface area contributed by atoms with Crippen LogP contribution in [0.1, 0.15) is 200 Å². The molecule has 0 saturated carbocycles. The van der Waals surface area contributed by atoms with Crippen molar-refractivity contribution in [3.8, 4) is 0 Å². The van der Waals surface area contributed by atoms with E-state index in [0.717, 1.165) is 32.1 Å². The fraction of sp³-hybridized carbons (Fsp3) is 0.891. The summed E-state index contributed by atoms with van der Waals surface area (Å²) >= 11 is 0. The average Bonchev–Trinajstić information content (AvgIpc) is 3.20. The molecular weight excluding hydrogens is 711 g/mol. The highest BCUT2D eigenvalue weighted by molar-refractivity contribution is 5.80. The highest BCUT2D eigenvalue weighted by atomic mass is 16.7. The first-order valence-electron chi connectivity index (χ1n) is 23.2. The molecule has 56 heavy (non-hydrogen) atoms. The molecule has 1 fully saturated rings. The summed E-state index contributed by atoms with van der Waals surface area (Å²) in [6, 6.07) is -0.992. The van der Waals surface area contributed by atoms with Crippen molar-refractivity contribution in [2.75, 3.05) is 13.2 Å². The third kappa shape index (κ3) is 26.6. The van der Waals surface area contributed by atoms with Gasteiger partial charge in [0.15, 0.2) is 6.29 Å². The molecule has 10 heteroatoms. The van der Waals surface area contributed by atoms with Gasteiger partial charge in [-0.25, -0.2) is 0 Å². The molecule has 0 spiro atoms. The second-order valence-corrected chi connectivity index (χ2v) is 16.3. The van der Waals surface area contributed by atoms with Gasteiger partial charge in [-0.15, -0.1) is 0 Å². The molecule has 1 saturated heterocycles. The van der Waals surface area contributed by atoms with Crippen molar-refractivity contribution in [1.82, 2.24) is 5.32 Å². The Labute approximate surface area is 341 Å². The van der Waals surface area contributed by atoms with E-state index >= 15 is 0 Å². The van der Waals surface area contributed by atoms with Gasteiger partial charge in [0, 0.05) is 0 Å². The predicted molar refractivity (Wildman–Crippen MR) is 227 cm³/mol. The number of aliphatic hydroxyl groups excluding tert-OH is 6. The Morgan fingerprint density at radius 2 is 1.05 bits per heavy atom. The first-order chi connectivity index (χ1) is 27.3. The summed E-state index contributed by atoms with van der Waals surface area (Å²) in [6.07, 6.45) is 32.7. The summed E-state index contributed by atoms with van der Waals surface area (Å²) < 4.78 is 11.1. The minimum absolute atomic E-state index is 0.308. The Kier molecular flexibility index (Phi) is 34.5. The molecule has 0 aromatic heterocycles. The molecule has 0 aromatic rings. The fourth-order valence-corrected chi connectivity index (χ4v) is 7.30. The Bertz CT molecular complexity index is 948. The normalized spacial score (nSPS) is 21.9. The number of nitrogens with one attached hydrogen (secondary N) is 1. The van der Waals surface area contributed by atoms with Gasteiger partial charge in [-0.3, -0.25) is 4.79 Å². The third-order valence-electron chi connectivity index (χ3n) is 11.1. The standard InChI is InChI=1S/C46H87NO9/c1-3-5-7-9-11-13-15-17-18-19-20-21-23-25-27-29-31-33-35-40(50)45(54)47-38(37-55-46-44(53)43(52)42(51)41(36-48)56-46)39(49)34-32-30-28-26-24-22-16-14-12-10-8-6-4-2/h24,26,32,34,38-44,46,48-53H,3-23,25,27-31,33,35-37H2,1-2H3,(H,47,54)/b26-24-,34-32+/t38-,39+,40+,41+,42+,43?,44?,46+/m0/s1. The molecule has 1 aliphatic heterocycles. The number of carbonyl (C=O) groups is 1. The monoisotopic (exact) mass is 798 g/mol. The van der Waals surface area contributed by atoms with Gasteiger partial charge < -0.3 is 45.4 Å². The van der Waals surface area contributed by atoms with Crippen LogP contribution in [0.15, 0.2) is 24.3 Å². The van der Waals surface area contributed by atoms with Gasteiger partial charge in [0.1, 0.15) is 30.5 Å². The summed E-state index contributed by atoms with van der Waals surface area (Å²) in [5, 5.41) is 64.6. The number of aliphatic hydroxyl groups is 6. The van der Waals surface area contributed by atoms with Gasteiger partial charge in [-0.2, -0.15) is 0 Å². The van der Waals surface area contributed by atoms with E-state index in [9.17, 15) is 35.4 Å². The van der Waals surface area contributed by atoms with E-state index < -0.39 is 61.5 Å². The van der Waals surface area contributed by atoms with E-state index in [2.05, 4.69) is 31.3 Å². The van der Waals surface area contributed by atoms with Gasteiger partial charge in [-0.05, 0) is 32.1 Å². The Morgan fingerprint density at radius 1 is 0.607 bits per heavy atom. The molecule has 330 valence electrons. The summed E-state index contributed by atoms with van der Waals surface area (Å²) in [5.74, 6) is -0.625. The molecule has 0 aliphatic carbocycles. The van der Waals surface area contributed by atoms with Crippen molar-refractivity contribution in [1.29, 1.82) is 0 Å². The highest BCUT2D eigenvalue weighted by Crippen LogP contribution is 2.23. The lowest BCUT2D eigenvalue weighted by Gasteiger charge is -2.40. The van der Waals surface area contributed by atoms with E-state index in [0.29, 0.717) is 19.3 Å². The molecule has 0 radical (unpaired) electrons. The van der Waals surface area contributed by atoms with Crippen LogP contribution >= 0.6 is 0 Å². The molecule has 1 heterocycles. The van der Waals surface area contributed by atoms with E-state index in [4.69, 9.17) is 9.47 Å². The van der Waals surface area contributed by atoms with Crippen molar-refractivity contribution < 1.29 is 44.9 Å². The zero-order valence-corrected chi connectivity index (χ0v) is 35.8.